The number of carbonyl (C=O) groups excluding carboxylic acids is 1. The Bertz CT molecular complexity index is 578. The van der Waals surface area contributed by atoms with Crippen molar-refractivity contribution < 1.29 is 9.18 Å². The number of aryl methyl sites for hydroxylation is 1. The van der Waals surface area contributed by atoms with Gasteiger partial charge in [0.25, 0.3) is 0 Å². The van der Waals surface area contributed by atoms with Crippen molar-refractivity contribution in [3.05, 3.63) is 68.5 Å². The molecule has 17 heavy (non-hydrogen) atoms. The quantitative estimate of drug-likeness (QED) is 0.597. The largest absolute Gasteiger partial charge is 0.289 e. The molecule has 0 unspecified atom stereocenters. The van der Waals surface area contributed by atoms with Gasteiger partial charge < -0.3 is 0 Å². The molecule has 0 spiro atoms. The van der Waals surface area contributed by atoms with E-state index < -0.39 is 5.82 Å². The van der Waals surface area contributed by atoms with Crippen LogP contribution in [0.3, 0.4) is 0 Å². The van der Waals surface area contributed by atoms with Gasteiger partial charge in [-0.3, -0.25) is 4.79 Å². The van der Waals surface area contributed by atoms with Crippen LogP contribution in [0.25, 0.3) is 0 Å². The summed E-state index contributed by atoms with van der Waals surface area (Å²) in [5.41, 5.74) is 2.05. The van der Waals surface area contributed by atoms with Gasteiger partial charge in [-0.2, -0.15) is 0 Å². The molecule has 0 aromatic heterocycles. The van der Waals surface area contributed by atoms with E-state index in [1.54, 1.807) is 18.2 Å². The summed E-state index contributed by atoms with van der Waals surface area (Å²) in [6.07, 6.45) is 0. The van der Waals surface area contributed by atoms with E-state index in [0.717, 1.165) is 9.13 Å². The van der Waals surface area contributed by atoms with E-state index in [0.29, 0.717) is 11.1 Å². The molecule has 0 atom stereocenters. The highest BCUT2D eigenvalue weighted by molar-refractivity contribution is 14.1. The first-order valence-corrected chi connectivity index (χ1v) is 6.23. The molecule has 0 aliphatic rings. The van der Waals surface area contributed by atoms with Gasteiger partial charge in [0.05, 0.1) is 0 Å². The Labute approximate surface area is 113 Å². The summed E-state index contributed by atoms with van der Waals surface area (Å²) < 4.78 is 14.0. The van der Waals surface area contributed by atoms with E-state index in [1.165, 1.54) is 12.1 Å². The van der Waals surface area contributed by atoms with Gasteiger partial charge in [0.15, 0.2) is 5.78 Å². The Morgan fingerprint density at radius 3 is 2.59 bits per heavy atom. The van der Waals surface area contributed by atoms with E-state index in [9.17, 15) is 9.18 Å². The molecule has 0 N–H and O–H groups in total. The summed E-state index contributed by atoms with van der Waals surface area (Å²) >= 11 is 2.14. The highest BCUT2D eigenvalue weighted by atomic mass is 127. The van der Waals surface area contributed by atoms with Crippen LogP contribution in [-0.4, -0.2) is 5.78 Å². The number of rotatable bonds is 2. The highest BCUT2D eigenvalue weighted by Gasteiger charge is 2.13. The molecule has 0 aliphatic heterocycles. The second-order valence-corrected chi connectivity index (χ2v) is 4.85. The third-order valence-corrected chi connectivity index (χ3v) is 3.96. The molecule has 1 nitrogen and oxygen atoms in total. The first-order valence-electron chi connectivity index (χ1n) is 5.15. The minimum absolute atomic E-state index is 0.141. The lowest BCUT2D eigenvalue weighted by Crippen LogP contribution is -2.05. The molecular formula is C14H10FIO. The fourth-order valence-electron chi connectivity index (χ4n) is 1.61. The number of ketones is 1. The molecule has 0 radical (unpaired) electrons. The number of carbonyl (C=O) groups is 1. The lowest BCUT2D eigenvalue weighted by molar-refractivity contribution is 0.103. The van der Waals surface area contributed by atoms with E-state index in [2.05, 4.69) is 22.6 Å². The minimum atomic E-state index is -0.390. The fourth-order valence-corrected chi connectivity index (χ4v) is 2.21. The molecule has 2 rings (SSSR count). The molecule has 0 amide bonds. The zero-order chi connectivity index (χ0) is 12.4. The molecule has 0 heterocycles. The predicted octanol–water partition coefficient (Wildman–Crippen LogP) is 3.97. The van der Waals surface area contributed by atoms with Crippen LogP contribution < -0.4 is 0 Å². The van der Waals surface area contributed by atoms with Crippen LogP contribution in [0.1, 0.15) is 21.5 Å². The van der Waals surface area contributed by atoms with E-state index >= 15 is 0 Å². The van der Waals surface area contributed by atoms with Gasteiger partial charge in [0.2, 0.25) is 0 Å². The Morgan fingerprint density at radius 2 is 1.88 bits per heavy atom. The summed E-state index contributed by atoms with van der Waals surface area (Å²) in [5.74, 6) is -0.531. The summed E-state index contributed by atoms with van der Waals surface area (Å²) in [4.78, 5) is 12.2. The SMILES string of the molecule is Cc1cccc(C(=O)c2cccc(F)c2)c1I. The average molecular weight is 340 g/mol. The average Bonchev–Trinajstić information content (AvgIpc) is 2.32. The van der Waals surface area contributed by atoms with Crippen LogP contribution in [0, 0.1) is 16.3 Å². The molecule has 2 aromatic rings. The number of hydrogen-bond acceptors (Lipinski definition) is 1. The molecule has 0 aliphatic carbocycles. The van der Waals surface area contributed by atoms with Crippen molar-refractivity contribution in [2.45, 2.75) is 6.92 Å². The minimum Gasteiger partial charge on any atom is -0.289 e. The molecule has 0 saturated heterocycles. The summed E-state index contributed by atoms with van der Waals surface area (Å²) in [6, 6.07) is 11.3. The monoisotopic (exact) mass is 340 g/mol. The molecule has 2 aromatic carbocycles. The molecule has 86 valence electrons. The molecule has 0 fully saturated rings. The zero-order valence-electron chi connectivity index (χ0n) is 9.21. The molecule has 0 saturated carbocycles. The molecule has 0 bridgehead atoms. The Hall–Kier alpha value is -1.23. The Balaban J connectivity index is 2.48. The number of halogens is 2. The van der Waals surface area contributed by atoms with Crippen molar-refractivity contribution in [3.63, 3.8) is 0 Å². The first-order chi connectivity index (χ1) is 8.09. The van der Waals surface area contributed by atoms with Gasteiger partial charge >= 0.3 is 0 Å². The van der Waals surface area contributed by atoms with Crippen molar-refractivity contribution in [1.29, 1.82) is 0 Å². The lowest BCUT2D eigenvalue weighted by atomic mass is 10.0. The normalized spacial score (nSPS) is 10.3. The van der Waals surface area contributed by atoms with Crippen molar-refractivity contribution in [1.82, 2.24) is 0 Å². The summed E-state index contributed by atoms with van der Waals surface area (Å²) in [7, 11) is 0. The fraction of sp³-hybridized carbons (Fsp3) is 0.0714. The van der Waals surface area contributed by atoms with Crippen LogP contribution in [0.15, 0.2) is 42.5 Å². The zero-order valence-corrected chi connectivity index (χ0v) is 11.4. The second-order valence-electron chi connectivity index (χ2n) is 3.78. The maximum atomic E-state index is 13.1. The molecular weight excluding hydrogens is 330 g/mol. The third kappa shape index (κ3) is 2.54. The van der Waals surface area contributed by atoms with Crippen LogP contribution in [0.4, 0.5) is 4.39 Å². The van der Waals surface area contributed by atoms with Gasteiger partial charge in [-0.25, -0.2) is 4.39 Å². The number of benzene rings is 2. The van der Waals surface area contributed by atoms with Crippen LogP contribution in [0.5, 0.6) is 0 Å². The van der Waals surface area contributed by atoms with E-state index in [-0.39, 0.29) is 5.78 Å². The second kappa shape index (κ2) is 4.96. The van der Waals surface area contributed by atoms with E-state index in [4.69, 9.17) is 0 Å². The maximum absolute atomic E-state index is 13.1. The van der Waals surface area contributed by atoms with Crippen molar-refractivity contribution >= 4 is 28.4 Å². The Morgan fingerprint density at radius 1 is 1.18 bits per heavy atom. The van der Waals surface area contributed by atoms with Gasteiger partial charge in [-0.05, 0) is 53.3 Å². The van der Waals surface area contributed by atoms with Gasteiger partial charge in [-0.1, -0.05) is 24.3 Å². The van der Waals surface area contributed by atoms with Gasteiger partial charge in [0, 0.05) is 14.7 Å². The summed E-state index contributed by atoms with van der Waals surface area (Å²) in [5, 5.41) is 0. The predicted molar refractivity (Wildman–Crippen MR) is 73.7 cm³/mol. The van der Waals surface area contributed by atoms with Gasteiger partial charge in [0.1, 0.15) is 5.82 Å². The maximum Gasteiger partial charge on any atom is 0.194 e. The molecule has 3 heteroatoms. The smallest absolute Gasteiger partial charge is 0.194 e. The number of hydrogen-bond donors (Lipinski definition) is 0. The lowest BCUT2D eigenvalue weighted by Gasteiger charge is -2.06. The van der Waals surface area contributed by atoms with E-state index in [1.807, 2.05) is 19.1 Å². The Kier molecular flexibility index (Phi) is 3.57. The third-order valence-electron chi connectivity index (χ3n) is 2.52. The van der Waals surface area contributed by atoms with Crippen LogP contribution >= 0.6 is 22.6 Å². The van der Waals surface area contributed by atoms with Crippen LogP contribution in [-0.2, 0) is 0 Å². The van der Waals surface area contributed by atoms with Crippen molar-refractivity contribution in [2.24, 2.45) is 0 Å². The van der Waals surface area contributed by atoms with Crippen molar-refractivity contribution in [3.8, 4) is 0 Å². The first kappa shape index (κ1) is 12.2. The van der Waals surface area contributed by atoms with Gasteiger partial charge in [-0.15, -0.1) is 0 Å². The van der Waals surface area contributed by atoms with Crippen LogP contribution in [0.2, 0.25) is 0 Å². The standard InChI is InChI=1S/C14H10FIO/c1-9-4-2-7-12(13(9)16)14(17)10-5-3-6-11(15)8-10/h2-8H,1H3. The van der Waals surface area contributed by atoms with Crippen molar-refractivity contribution in [2.75, 3.05) is 0 Å². The highest BCUT2D eigenvalue weighted by Crippen LogP contribution is 2.20. The summed E-state index contributed by atoms with van der Waals surface area (Å²) in [6.45, 7) is 1.95. The topological polar surface area (TPSA) is 17.1 Å².